The number of nitrogens with one attached hydrogen (secondary N) is 1. The number of carboxylic acids is 1. The third kappa shape index (κ3) is 3.80. The SMILES string of the molecule is CCC(C)Oc1cc(C(=O)Nc2ncc(C(=O)O)s2)c2ccccc2n1. The number of hydrogen-bond acceptors (Lipinski definition) is 6. The van der Waals surface area contributed by atoms with Gasteiger partial charge in [-0.25, -0.2) is 14.8 Å². The van der Waals surface area contributed by atoms with Crippen LogP contribution >= 0.6 is 11.3 Å². The number of pyridine rings is 1. The third-order valence-electron chi connectivity index (χ3n) is 3.77. The summed E-state index contributed by atoms with van der Waals surface area (Å²) < 4.78 is 5.77. The van der Waals surface area contributed by atoms with Crippen LogP contribution in [0, 0.1) is 0 Å². The summed E-state index contributed by atoms with van der Waals surface area (Å²) in [4.78, 5) is 32.1. The molecule has 0 aliphatic carbocycles. The first kappa shape index (κ1) is 17.8. The number of fused-ring (bicyclic) bond motifs is 1. The predicted octanol–water partition coefficient (Wildman–Crippen LogP) is 3.82. The maximum Gasteiger partial charge on any atom is 0.347 e. The molecule has 2 aromatic heterocycles. The van der Waals surface area contributed by atoms with Gasteiger partial charge in [0.2, 0.25) is 5.88 Å². The largest absolute Gasteiger partial charge is 0.477 e. The Morgan fingerprint density at radius 2 is 2.12 bits per heavy atom. The summed E-state index contributed by atoms with van der Waals surface area (Å²) >= 11 is 0.898. The van der Waals surface area contributed by atoms with Crippen molar-refractivity contribution in [3.05, 3.63) is 47.0 Å². The number of carboxylic acid groups (broad SMARTS) is 1. The molecule has 134 valence electrons. The van der Waals surface area contributed by atoms with Gasteiger partial charge in [-0.15, -0.1) is 0 Å². The van der Waals surface area contributed by atoms with E-state index in [1.807, 2.05) is 32.0 Å². The Morgan fingerprint density at radius 3 is 2.81 bits per heavy atom. The highest BCUT2D eigenvalue weighted by Crippen LogP contribution is 2.25. The summed E-state index contributed by atoms with van der Waals surface area (Å²) in [7, 11) is 0. The standard InChI is InChI=1S/C18H17N3O4S/c1-3-10(2)25-15-8-12(11-6-4-5-7-13(11)20-15)16(22)21-18-19-9-14(26-18)17(23)24/h4-10H,3H2,1-2H3,(H,23,24)(H,19,21,22). The molecule has 7 nitrogen and oxygen atoms in total. The minimum atomic E-state index is -1.08. The smallest absolute Gasteiger partial charge is 0.347 e. The molecule has 8 heteroatoms. The fourth-order valence-electron chi connectivity index (χ4n) is 2.28. The van der Waals surface area contributed by atoms with Crippen LogP contribution < -0.4 is 10.1 Å². The van der Waals surface area contributed by atoms with Gasteiger partial charge in [-0.1, -0.05) is 36.5 Å². The van der Waals surface area contributed by atoms with E-state index in [0.717, 1.165) is 17.8 Å². The van der Waals surface area contributed by atoms with Gasteiger partial charge in [0.1, 0.15) is 4.88 Å². The molecule has 1 amide bonds. The molecule has 2 N–H and O–H groups in total. The summed E-state index contributed by atoms with van der Waals surface area (Å²) in [6, 6.07) is 8.86. The zero-order chi connectivity index (χ0) is 18.7. The number of thiazole rings is 1. The van der Waals surface area contributed by atoms with Crippen LogP contribution in [0.5, 0.6) is 5.88 Å². The first-order valence-electron chi connectivity index (χ1n) is 8.05. The van der Waals surface area contributed by atoms with E-state index in [1.54, 1.807) is 12.1 Å². The Morgan fingerprint density at radius 1 is 1.35 bits per heavy atom. The number of nitrogens with zero attached hydrogens (tertiary/aromatic N) is 2. The Balaban J connectivity index is 1.95. The molecule has 1 unspecified atom stereocenters. The summed E-state index contributed by atoms with van der Waals surface area (Å²) in [5, 5.41) is 12.5. The molecular formula is C18H17N3O4S. The molecule has 3 rings (SSSR count). The quantitative estimate of drug-likeness (QED) is 0.683. The van der Waals surface area contributed by atoms with Gasteiger partial charge in [0.15, 0.2) is 5.13 Å². The minimum Gasteiger partial charge on any atom is -0.477 e. The van der Waals surface area contributed by atoms with Gasteiger partial charge in [-0.3, -0.25) is 10.1 Å². The second-order valence-electron chi connectivity index (χ2n) is 5.65. The first-order valence-corrected chi connectivity index (χ1v) is 8.86. The van der Waals surface area contributed by atoms with Crippen LogP contribution in [0.15, 0.2) is 36.5 Å². The van der Waals surface area contributed by atoms with Crippen LogP contribution in [0.2, 0.25) is 0 Å². The van der Waals surface area contributed by atoms with Gasteiger partial charge in [0.05, 0.1) is 23.4 Å². The van der Waals surface area contributed by atoms with Crippen LogP contribution in [-0.2, 0) is 0 Å². The third-order valence-corrected chi connectivity index (χ3v) is 4.67. The van der Waals surface area contributed by atoms with Crippen molar-refractivity contribution in [1.82, 2.24) is 9.97 Å². The van der Waals surface area contributed by atoms with Crippen molar-refractivity contribution in [2.45, 2.75) is 26.4 Å². The fraction of sp³-hybridized carbons (Fsp3) is 0.222. The van der Waals surface area contributed by atoms with Crippen molar-refractivity contribution >= 4 is 39.2 Å². The molecule has 0 spiro atoms. The molecule has 26 heavy (non-hydrogen) atoms. The van der Waals surface area contributed by atoms with Gasteiger partial charge in [0, 0.05) is 11.5 Å². The Labute approximate surface area is 153 Å². The van der Waals surface area contributed by atoms with Crippen LogP contribution in [0.3, 0.4) is 0 Å². The molecule has 0 fully saturated rings. The van der Waals surface area contributed by atoms with E-state index < -0.39 is 11.9 Å². The first-order chi connectivity index (χ1) is 12.5. The summed E-state index contributed by atoms with van der Waals surface area (Å²) in [5.41, 5.74) is 1.03. The highest BCUT2D eigenvalue weighted by Gasteiger charge is 2.17. The van der Waals surface area contributed by atoms with E-state index in [0.29, 0.717) is 22.3 Å². The number of benzene rings is 1. The van der Waals surface area contributed by atoms with Crippen molar-refractivity contribution in [2.75, 3.05) is 5.32 Å². The maximum absolute atomic E-state index is 12.7. The van der Waals surface area contributed by atoms with Crippen molar-refractivity contribution in [3.8, 4) is 5.88 Å². The molecule has 0 radical (unpaired) electrons. The molecule has 2 heterocycles. The maximum atomic E-state index is 12.7. The van der Waals surface area contributed by atoms with Gasteiger partial charge in [-0.2, -0.15) is 0 Å². The summed E-state index contributed by atoms with van der Waals surface area (Å²) in [6.45, 7) is 3.93. The number of carbonyl (C=O) groups is 2. The van der Waals surface area contributed by atoms with E-state index in [1.165, 1.54) is 6.20 Å². The minimum absolute atomic E-state index is 0.0309. The molecule has 0 aliphatic rings. The number of para-hydroxylation sites is 1. The number of aromatic carboxylic acids is 1. The number of aromatic nitrogens is 2. The average molecular weight is 371 g/mol. The average Bonchev–Trinajstić information content (AvgIpc) is 3.09. The van der Waals surface area contributed by atoms with E-state index >= 15 is 0 Å². The molecule has 0 bridgehead atoms. The normalized spacial score (nSPS) is 11.9. The molecule has 1 aromatic carbocycles. The van der Waals surface area contributed by atoms with E-state index in [-0.39, 0.29) is 16.1 Å². The van der Waals surface area contributed by atoms with Crippen LogP contribution in [0.25, 0.3) is 10.9 Å². The molecule has 1 atom stereocenters. The second kappa shape index (κ2) is 7.49. The van der Waals surface area contributed by atoms with Gasteiger partial charge in [-0.05, 0) is 19.4 Å². The number of amides is 1. The summed E-state index contributed by atoms with van der Waals surface area (Å²) in [6.07, 6.45) is 1.99. The van der Waals surface area contributed by atoms with E-state index in [4.69, 9.17) is 9.84 Å². The lowest BCUT2D eigenvalue weighted by atomic mass is 10.1. The van der Waals surface area contributed by atoms with E-state index in [9.17, 15) is 9.59 Å². The zero-order valence-corrected chi connectivity index (χ0v) is 15.0. The van der Waals surface area contributed by atoms with Crippen LogP contribution in [-0.4, -0.2) is 33.1 Å². The van der Waals surface area contributed by atoms with Crippen LogP contribution in [0.1, 0.15) is 40.3 Å². The predicted molar refractivity (Wildman–Crippen MR) is 99.2 cm³/mol. The van der Waals surface area contributed by atoms with Crippen LogP contribution in [0.4, 0.5) is 5.13 Å². The lowest BCUT2D eigenvalue weighted by Gasteiger charge is -2.14. The van der Waals surface area contributed by atoms with Crippen molar-refractivity contribution in [1.29, 1.82) is 0 Å². The Bertz CT molecular complexity index is 970. The van der Waals surface area contributed by atoms with E-state index in [2.05, 4.69) is 15.3 Å². The fourth-order valence-corrected chi connectivity index (χ4v) is 2.93. The number of rotatable bonds is 6. The Hall–Kier alpha value is -3.00. The lowest BCUT2D eigenvalue weighted by molar-refractivity contribution is 0.0701. The molecule has 0 saturated carbocycles. The number of hydrogen-bond donors (Lipinski definition) is 2. The highest BCUT2D eigenvalue weighted by atomic mass is 32.1. The lowest BCUT2D eigenvalue weighted by Crippen LogP contribution is -2.15. The second-order valence-corrected chi connectivity index (χ2v) is 6.68. The Kier molecular flexibility index (Phi) is 5.13. The molecular weight excluding hydrogens is 354 g/mol. The summed E-state index contributed by atoms with van der Waals surface area (Å²) in [5.74, 6) is -1.11. The molecule has 0 aliphatic heterocycles. The van der Waals surface area contributed by atoms with Gasteiger partial charge in [0.25, 0.3) is 5.91 Å². The molecule has 3 aromatic rings. The van der Waals surface area contributed by atoms with Gasteiger partial charge < -0.3 is 9.84 Å². The number of anilines is 1. The molecule has 0 saturated heterocycles. The van der Waals surface area contributed by atoms with Crippen molar-refractivity contribution in [3.63, 3.8) is 0 Å². The number of carbonyl (C=O) groups excluding carboxylic acids is 1. The zero-order valence-electron chi connectivity index (χ0n) is 14.2. The van der Waals surface area contributed by atoms with Crippen molar-refractivity contribution < 1.29 is 19.4 Å². The van der Waals surface area contributed by atoms with Crippen molar-refractivity contribution in [2.24, 2.45) is 0 Å². The van der Waals surface area contributed by atoms with Gasteiger partial charge >= 0.3 is 5.97 Å². The topological polar surface area (TPSA) is 101 Å². The monoisotopic (exact) mass is 371 g/mol. The highest BCUT2D eigenvalue weighted by molar-refractivity contribution is 7.17. The number of ether oxygens (including phenoxy) is 1.